The maximum atomic E-state index is 12.5. The summed E-state index contributed by atoms with van der Waals surface area (Å²) in [6.45, 7) is 9.13. The smallest absolute Gasteiger partial charge is 0.223 e. The summed E-state index contributed by atoms with van der Waals surface area (Å²) in [5.74, 6) is 0.612. The van der Waals surface area contributed by atoms with Crippen molar-refractivity contribution < 1.29 is 9.59 Å². The van der Waals surface area contributed by atoms with Crippen molar-refractivity contribution in [2.45, 2.75) is 47.0 Å². The summed E-state index contributed by atoms with van der Waals surface area (Å²) in [5.41, 5.74) is 4.08. The number of likely N-dealkylation sites (tertiary alicyclic amines) is 1. The Hall–Kier alpha value is -1.64. The predicted octanol–water partition coefficient (Wildman–Crippen LogP) is 3.44. The fourth-order valence-corrected chi connectivity index (χ4v) is 3.13. The molecule has 1 aliphatic rings. The molecule has 2 rings (SSSR count). The van der Waals surface area contributed by atoms with Crippen LogP contribution in [0.4, 0.5) is 0 Å². The number of benzene rings is 1. The Labute approximate surface area is 127 Å². The van der Waals surface area contributed by atoms with E-state index in [0.29, 0.717) is 12.3 Å². The Morgan fingerprint density at radius 2 is 1.86 bits per heavy atom. The zero-order chi connectivity index (χ0) is 15.6. The van der Waals surface area contributed by atoms with E-state index in [-0.39, 0.29) is 18.2 Å². The maximum Gasteiger partial charge on any atom is 0.223 e. The maximum absolute atomic E-state index is 12.5. The SMILES string of the molecule is CCCC1CC(=O)N(CC(=O)c2cc(C)c(C)cc2C)C1. The van der Waals surface area contributed by atoms with E-state index in [0.717, 1.165) is 36.1 Å². The third-order valence-electron chi connectivity index (χ3n) is 4.47. The van der Waals surface area contributed by atoms with E-state index in [4.69, 9.17) is 0 Å². The van der Waals surface area contributed by atoms with Gasteiger partial charge < -0.3 is 4.90 Å². The van der Waals surface area contributed by atoms with Crippen LogP contribution in [-0.2, 0) is 4.79 Å². The molecule has 1 saturated heterocycles. The number of carbonyl (C=O) groups excluding carboxylic acids is 2. The van der Waals surface area contributed by atoms with Gasteiger partial charge in [0, 0.05) is 18.5 Å². The Kier molecular flexibility index (Phi) is 4.81. The third-order valence-corrected chi connectivity index (χ3v) is 4.47. The number of amides is 1. The zero-order valence-electron chi connectivity index (χ0n) is 13.5. The number of rotatable bonds is 5. The van der Waals surface area contributed by atoms with Gasteiger partial charge in [0.1, 0.15) is 0 Å². The molecule has 0 bridgehead atoms. The molecular formula is C18H25NO2. The summed E-state index contributed by atoms with van der Waals surface area (Å²) in [6.07, 6.45) is 2.77. The first-order chi connectivity index (χ1) is 9.92. The minimum Gasteiger partial charge on any atom is -0.335 e. The van der Waals surface area contributed by atoms with Crippen LogP contribution in [-0.4, -0.2) is 29.7 Å². The van der Waals surface area contributed by atoms with Gasteiger partial charge in [0.2, 0.25) is 5.91 Å². The van der Waals surface area contributed by atoms with Gasteiger partial charge in [-0.3, -0.25) is 9.59 Å². The lowest BCUT2D eigenvalue weighted by Gasteiger charge is -2.17. The van der Waals surface area contributed by atoms with Crippen LogP contribution >= 0.6 is 0 Å². The van der Waals surface area contributed by atoms with Gasteiger partial charge >= 0.3 is 0 Å². The molecule has 1 amide bonds. The number of aryl methyl sites for hydroxylation is 3. The van der Waals surface area contributed by atoms with Crippen LogP contribution in [0.2, 0.25) is 0 Å². The van der Waals surface area contributed by atoms with Crippen LogP contribution in [0.3, 0.4) is 0 Å². The fraction of sp³-hybridized carbons (Fsp3) is 0.556. The molecule has 1 unspecified atom stereocenters. The average Bonchev–Trinajstić information content (AvgIpc) is 2.74. The summed E-state index contributed by atoms with van der Waals surface area (Å²) in [6, 6.07) is 4.01. The Morgan fingerprint density at radius 3 is 2.52 bits per heavy atom. The van der Waals surface area contributed by atoms with Gasteiger partial charge in [-0.05, 0) is 55.9 Å². The van der Waals surface area contributed by atoms with Crippen LogP contribution in [0.25, 0.3) is 0 Å². The van der Waals surface area contributed by atoms with E-state index in [1.54, 1.807) is 4.90 Å². The largest absolute Gasteiger partial charge is 0.335 e. The van der Waals surface area contributed by atoms with Crippen LogP contribution in [0.1, 0.15) is 53.2 Å². The van der Waals surface area contributed by atoms with Crippen LogP contribution in [0, 0.1) is 26.7 Å². The second-order valence-corrected chi connectivity index (χ2v) is 6.31. The van der Waals surface area contributed by atoms with Gasteiger partial charge in [0.25, 0.3) is 0 Å². The lowest BCUT2D eigenvalue weighted by atomic mass is 9.98. The molecule has 1 aromatic carbocycles. The van der Waals surface area contributed by atoms with Crippen LogP contribution < -0.4 is 0 Å². The molecule has 1 fully saturated rings. The van der Waals surface area contributed by atoms with Gasteiger partial charge in [-0.1, -0.05) is 19.4 Å². The summed E-state index contributed by atoms with van der Waals surface area (Å²) in [4.78, 5) is 26.2. The third kappa shape index (κ3) is 3.52. The van der Waals surface area contributed by atoms with Gasteiger partial charge in [0.05, 0.1) is 6.54 Å². The van der Waals surface area contributed by atoms with Crippen molar-refractivity contribution in [3.8, 4) is 0 Å². The predicted molar refractivity (Wildman–Crippen MR) is 84.6 cm³/mol. The molecule has 0 radical (unpaired) electrons. The molecular weight excluding hydrogens is 262 g/mol. The second kappa shape index (κ2) is 6.42. The molecule has 21 heavy (non-hydrogen) atoms. The summed E-state index contributed by atoms with van der Waals surface area (Å²) in [7, 11) is 0. The van der Waals surface area contributed by atoms with Gasteiger partial charge in [-0.2, -0.15) is 0 Å². The van der Waals surface area contributed by atoms with Crippen LogP contribution in [0.15, 0.2) is 12.1 Å². The van der Waals surface area contributed by atoms with Gasteiger partial charge in [-0.15, -0.1) is 0 Å². The van der Waals surface area contributed by atoms with Crippen molar-refractivity contribution in [2.75, 3.05) is 13.1 Å². The van der Waals surface area contributed by atoms with E-state index in [1.807, 2.05) is 26.0 Å². The van der Waals surface area contributed by atoms with Crippen LogP contribution in [0.5, 0.6) is 0 Å². The first-order valence-electron chi connectivity index (χ1n) is 7.81. The highest BCUT2D eigenvalue weighted by molar-refractivity contribution is 6.01. The Balaban J connectivity index is 2.08. The molecule has 3 heteroatoms. The molecule has 0 aliphatic carbocycles. The van der Waals surface area contributed by atoms with Gasteiger partial charge in [0.15, 0.2) is 5.78 Å². The minimum absolute atomic E-state index is 0.0566. The minimum atomic E-state index is 0.0566. The van der Waals surface area contributed by atoms with Crippen molar-refractivity contribution in [3.63, 3.8) is 0 Å². The molecule has 1 aliphatic heterocycles. The molecule has 1 heterocycles. The Bertz CT molecular complexity index is 563. The van der Waals surface area contributed by atoms with Crippen molar-refractivity contribution in [2.24, 2.45) is 5.92 Å². The zero-order valence-corrected chi connectivity index (χ0v) is 13.5. The topological polar surface area (TPSA) is 37.4 Å². The molecule has 0 saturated carbocycles. The molecule has 0 aromatic heterocycles. The number of ketones is 1. The molecule has 0 spiro atoms. The number of hydrogen-bond acceptors (Lipinski definition) is 2. The normalized spacial score (nSPS) is 18.4. The molecule has 1 aromatic rings. The average molecular weight is 287 g/mol. The number of Topliss-reactive ketones (excluding diaryl/α,β-unsaturated/α-hetero) is 1. The monoisotopic (exact) mass is 287 g/mol. The quantitative estimate of drug-likeness (QED) is 0.778. The summed E-state index contributed by atoms with van der Waals surface area (Å²) < 4.78 is 0. The fourth-order valence-electron chi connectivity index (χ4n) is 3.13. The number of hydrogen-bond donors (Lipinski definition) is 0. The molecule has 1 atom stereocenters. The highest BCUT2D eigenvalue weighted by atomic mass is 16.2. The van der Waals surface area contributed by atoms with Crippen molar-refractivity contribution in [1.82, 2.24) is 4.90 Å². The first-order valence-corrected chi connectivity index (χ1v) is 7.81. The van der Waals surface area contributed by atoms with E-state index in [9.17, 15) is 9.59 Å². The Morgan fingerprint density at radius 1 is 1.19 bits per heavy atom. The molecule has 0 N–H and O–H groups in total. The summed E-state index contributed by atoms with van der Waals surface area (Å²) >= 11 is 0. The summed E-state index contributed by atoms with van der Waals surface area (Å²) in [5, 5.41) is 0. The first kappa shape index (κ1) is 15.7. The molecule has 114 valence electrons. The van der Waals surface area contributed by atoms with Crippen molar-refractivity contribution in [3.05, 3.63) is 34.4 Å². The standard InChI is InChI=1S/C18H25NO2/c1-5-6-15-9-18(21)19(10-15)11-17(20)16-8-13(3)12(2)7-14(16)4/h7-8,15H,5-6,9-11H2,1-4H3. The lowest BCUT2D eigenvalue weighted by molar-refractivity contribution is -0.127. The van der Waals surface area contributed by atoms with E-state index >= 15 is 0 Å². The van der Waals surface area contributed by atoms with E-state index in [1.165, 1.54) is 5.56 Å². The highest BCUT2D eigenvalue weighted by Gasteiger charge is 2.30. The second-order valence-electron chi connectivity index (χ2n) is 6.31. The van der Waals surface area contributed by atoms with E-state index < -0.39 is 0 Å². The van der Waals surface area contributed by atoms with Crippen molar-refractivity contribution >= 4 is 11.7 Å². The number of carbonyl (C=O) groups is 2. The molecule has 3 nitrogen and oxygen atoms in total. The van der Waals surface area contributed by atoms with Gasteiger partial charge in [-0.25, -0.2) is 0 Å². The van der Waals surface area contributed by atoms with E-state index in [2.05, 4.69) is 13.8 Å². The number of nitrogens with zero attached hydrogens (tertiary/aromatic N) is 1. The lowest BCUT2D eigenvalue weighted by Crippen LogP contribution is -2.31. The van der Waals surface area contributed by atoms with Crippen molar-refractivity contribution in [1.29, 1.82) is 0 Å². The highest BCUT2D eigenvalue weighted by Crippen LogP contribution is 2.23.